The first-order valence-corrected chi connectivity index (χ1v) is 11.6. The third kappa shape index (κ3) is 2.76. The summed E-state index contributed by atoms with van der Waals surface area (Å²) in [5, 5.41) is 2.43. The van der Waals surface area contributed by atoms with E-state index < -0.39 is 0 Å². The number of fused-ring (bicyclic) bond motifs is 1. The normalized spacial score (nSPS) is 28.7. The highest BCUT2D eigenvalue weighted by atomic mass is 19.1. The molecule has 1 nitrogen and oxygen atoms in total. The molecule has 1 fully saturated rings. The minimum absolute atomic E-state index is 0.0473. The highest BCUT2D eigenvalue weighted by molar-refractivity contribution is 6.00. The van der Waals surface area contributed by atoms with Gasteiger partial charge in [-0.25, -0.2) is 4.39 Å². The van der Waals surface area contributed by atoms with Gasteiger partial charge in [-0.1, -0.05) is 71.4 Å². The van der Waals surface area contributed by atoms with Crippen molar-refractivity contribution in [3.63, 3.8) is 0 Å². The molecule has 3 aliphatic rings. The lowest BCUT2D eigenvalue weighted by Gasteiger charge is -2.42. The van der Waals surface area contributed by atoms with Crippen LogP contribution in [-0.4, -0.2) is 4.98 Å². The van der Waals surface area contributed by atoms with Crippen LogP contribution in [-0.2, 0) is 5.41 Å². The van der Waals surface area contributed by atoms with Crippen molar-refractivity contribution in [2.45, 2.75) is 66.2 Å². The number of hydrogen-bond donors (Lipinski definition) is 0. The predicted molar refractivity (Wildman–Crippen MR) is 126 cm³/mol. The molecule has 5 rings (SSSR count). The Morgan fingerprint density at radius 1 is 1.20 bits per heavy atom. The first kappa shape index (κ1) is 21.0. The molecule has 0 saturated heterocycles. The number of allylic oxidation sites excluding steroid dienone is 6. The Labute approximate surface area is 180 Å². The average molecular weight is 404 g/mol. The van der Waals surface area contributed by atoms with Crippen molar-refractivity contribution in [1.82, 2.24) is 4.98 Å². The summed E-state index contributed by atoms with van der Waals surface area (Å²) in [4.78, 5) is 4.85. The van der Waals surface area contributed by atoms with Crippen LogP contribution < -0.4 is 0 Å². The first-order valence-electron chi connectivity index (χ1n) is 11.6. The Kier molecular flexibility index (Phi) is 5.24. The Morgan fingerprint density at radius 2 is 1.97 bits per heavy atom. The molecular formula is C28H34FN. The minimum atomic E-state index is -0.363. The molecule has 0 aliphatic heterocycles. The summed E-state index contributed by atoms with van der Waals surface area (Å²) in [6, 6.07) is 8.49. The van der Waals surface area contributed by atoms with E-state index in [4.69, 9.17) is 4.98 Å². The van der Waals surface area contributed by atoms with E-state index in [0.717, 1.165) is 17.7 Å². The smallest absolute Gasteiger partial charge is 0.123 e. The zero-order chi connectivity index (χ0) is 21.7. The van der Waals surface area contributed by atoms with Crippen molar-refractivity contribution in [2.24, 2.45) is 17.3 Å². The maximum atomic E-state index is 15.4. The molecule has 30 heavy (non-hydrogen) atoms. The summed E-state index contributed by atoms with van der Waals surface area (Å²) >= 11 is 0. The maximum absolute atomic E-state index is 15.4. The van der Waals surface area contributed by atoms with E-state index in [1.807, 2.05) is 26.1 Å². The highest BCUT2D eigenvalue weighted by Gasteiger charge is 2.58. The molecule has 1 aromatic heterocycles. The topological polar surface area (TPSA) is 12.9 Å². The van der Waals surface area contributed by atoms with Crippen LogP contribution in [0.25, 0.3) is 16.3 Å². The van der Waals surface area contributed by atoms with Gasteiger partial charge in [-0.3, -0.25) is 4.98 Å². The third-order valence-corrected chi connectivity index (χ3v) is 7.55. The summed E-state index contributed by atoms with van der Waals surface area (Å²) in [7, 11) is 0. The Balaban J connectivity index is 0.00000106. The summed E-state index contributed by atoms with van der Waals surface area (Å²) in [5.74, 6) is 0.930. The number of rotatable bonds is 3. The van der Waals surface area contributed by atoms with Gasteiger partial charge in [-0.05, 0) is 65.7 Å². The average Bonchev–Trinajstić information content (AvgIpc) is 3.47. The fraction of sp³-hybridized carbons (Fsp3) is 0.464. The van der Waals surface area contributed by atoms with Crippen molar-refractivity contribution in [1.29, 1.82) is 0 Å². The van der Waals surface area contributed by atoms with Crippen LogP contribution in [0.4, 0.5) is 4.39 Å². The van der Waals surface area contributed by atoms with E-state index in [2.05, 4.69) is 64.1 Å². The molecule has 2 aromatic rings. The molecular weight excluding hydrogens is 369 g/mol. The quantitative estimate of drug-likeness (QED) is 0.471. The van der Waals surface area contributed by atoms with Crippen LogP contribution in [0.2, 0.25) is 0 Å². The van der Waals surface area contributed by atoms with Crippen molar-refractivity contribution in [3.8, 4) is 0 Å². The van der Waals surface area contributed by atoms with Gasteiger partial charge in [0.1, 0.15) is 5.83 Å². The Morgan fingerprint density at radius 3 is 2.63 bits per heavy atom. The van der Waals surface area contributed by atoms with E-state index in [0.29, 0.717) is 11.8 Å². The van der Waals surface area contributed by atoms with Gasteiger partial charge in [0.2, 0.25) is 0 Å². The highest BCUT2D eigenvalue weighted by Crippen LogP contribution is 2.67. The maximum Gasteiger partial charge on any atom is 0.123 e. The summed E-state index contributed by atoms with van der Waals surface area (Å²) < 4.78 is 15.4. The van der Waals surface area contributed by atoms with Crippen LogP contribution in [0, 0.1) is 17.3 Å². The van der Waals surface area contributed by atoms with Gasteiger partial charge in [0.25, 0.3) is 0 Å². The fourth-order valence-corrected chi connectivity index (χ4v) is 6.19. The predicted octanol–water partition coefficient (Wildman–Crippen LogP) is 8.17. The zero-order valence-corrected chi connectivity index (χ0v) is 19.2. The molecule has 3 aliphatic carbocycles. The molecule has 3 unspecified atom stereocenters. The molecule has 1 aromatic carbocycles. The number of hydrogen-bond acceptors (Lipinski definition) is 1. The molecule has 1 saturated carbocycles. The zero-order valence-electron chi connectivity index (χ0n) is 19.2. The van der Waals surface area contributed by atoms with Crippen molar-refractivity contribution < 1.29 is 4.39 Å². The van der Waals surface area contributed by atoms with E-state index in [-0.39, 0.29) is 16.7 Å². The number of aromatic nitrogens is 1. The van der Waals surface area contributed by atoms with Gasteiger partial charge in [0.05, 0.1) is 5.69 Å². The van der Waals surface area contributed by atoms with Crippen LogP contribution in [0.3, 0.4) is 0 Å². The van der Waals surface area contributed by atoms with Gasteiger partial charge >= 0.3 is 0 Å². The monoisotopic (exact) mass is 403 g/mol. The standard InChI is InChI=1S/C26H28FN.C2H6/c1-5-13-26(15-17(26)6-2)19-10-11-20(27)23-22(19)24-21-16(12-14-28-24)8-7-9-18(21)25(23,3)4;1-2/h5,7-9,11-14,17,19H,6,10,15H2,1-4H3;1-2H3. The fourth-order valence-electron chi connectivity index (χ4n) is 6.19. The van der Waals surface area contributed by atoms with E-state index in [9.17, 15) is 0 Å². The van der Waals surface area contributed by atoms with Crippen LogP contribution in [0.5, 0.6) is 0 Å². The molecule has 2 heteroatoms. The second kappa shape index (κ2) is 7.48. The van der Waals surface area contributed by atoms with Gasteiger partial charge in [0.15, 0.2) is 0 Å². The van der Waals surface area contributed by atoms with Gasteiger partial charge in [-0.15, -0.1) is 0 Å². The van der Waals surface area contributed by atoms with Crippen molar-refractivity contribution in [2.75, 3.05) is 0 Å². The van der Waals surface area contributed by atoms with Crippen LogP contribution in [0.1, 0.15) is 72.1 Å². The molecule has 0 amide bonds. The Hall–Kier alpha value is -2.22. The molecule has 0 spiro atoms. The summed E-state index contributed by atoms with van der Waals surface area (Å²) in [5.41, 5.74) is 4.03. The van der Waals surface area contributed by atoms with Gasteiger partial charge < -0.3 is 0 Å². The van der Waals surface area contributed by atoms with E-state index >= 15 is 4.39 Å². The second-order valence-electron chi connectivity index (χ2n) is 9.24. The third-order valence-electron chi connectivity index (χ3n) is 7.55. The lowest BCUT2D eigenvalue weighted by Crippen LogP contribution is -2.32. The minimum Gasteiger partial charge on any atom is -0.256 e. The number of benzene rings is 1. The van der Waals surface area contributed by atoms with Crippen molar-refractivity contribution in [3.05, 3.63) is 71.3 Å². The molecule has 0 bridgehead atoms. The van der Waals surface area contributed by atoms with Crippen LogP contribution >= 0.6 is 0 Å². The summed E-state index contributed by atoms with van der Waals surface area (Å²) in [6.07, 6.45) is 11.5. The molecule has 0 radical (unpaired) electrons. The number of halogens is 1. The molecule has 158 valence electrons. The molecule has 0 N–H and O–H groups in total. The molecule has 1 heterocycles. The van der Waals surface area contributed by atoms with E-state index in [1.165, 1.54) is 34.8 Å². The van der Waals surface area contributed by atoms with E-state index in [1.54, 1.807) is 0 Å². The summed E-state index contributed by atoms with van der Waals surface area (Å²) in [6.45, 7) is 12.7. The SMILES string of the molecule is CC.CC=CC1(C2CC=C(F)C3=C2c2nccc4cccc(c24)C3(C)C)CC1CC. The van der Waals surface area contributed by atoms with Gasteiger partial charge in [-0.2, -0.15) is 0 Å². The lowest BCUT2D eigenvalue weighted by molar-refractivity contribution is 0.405. The largest absolute Gasteiger partial charge is 0.256 e. The van der Waals surface area contributed by atoms with Crippen LogP contribution in [0.15, 0.2) is 60.1 Å². The molecule has 3 atom stereocenters. The first-order chi connectivity index (χ1) is 14.5. The second-order valence-corrected chi connectivity index (χ2v) is 9.24. The number of pyridine rings is 1. The number of nitrogens with zero attached hydrogens (tertiary/aromatic N) is 1. The van der Waals surface area contributed by atoms with Crippen molar-refractivity contribution >= 4 is 16.3 Å². The Bertz CT molecular complexity index is 1070. The lowest BCUT2D eigenvalue weighted by atomic mass is 9.62. The van der Waals surface area contributed by atoms with Gasteiger partial charge in [0, 0.05) is 22.6 Å².